The summed E-state index contributed by atoms with van der Waals surface area (Å²) in [6.45, 7) is 6.50. The molecule has 0 aliphatic carbocycles. The molecule has 0 amide bonds. The van der Waals surface area contributed by atoms with Crippen molar-refractivity contribution in [2.45, 2.75) is 39.8 Å². The van der Waals surface area contributed by atoms with E-state index in [4.69, 9.17) is 0 Å². The molecule has 0 aromatic carbocycles. The third-order valence-electron chi connectivity index (χ3n) is 2.44. The second-order valence-corrected chi connectivity index (χ2v) is 6.63. The Balaban J connectivity index is 2.53. The smallest absolute Gasteiger partial charge is 0.152 e. The van der Waals surface area contributed by atoms with Gasteiger partial charge in [-0.3, -0.25) is 4.68 Å². The van der Waals surface area contributed by atoms with Crippen molar-refractivity contribution in [2.75, 3.05) is 16.8 Å². The number of aromatic nitrogens is 2. The minimum absolute atomic E-state index is 0.0979. The van der Waals surface area contributed by atoms with Gasteiger partial charge in [0, 0.05) is 24.5 Å². The molecule has 1 atom stereocenters. The summed E-state index contributed by atoms with van der Waals surface area (Å²) < 4.78 is 24.7. The molecule has 0 spiro atoms. The summed E-state index contributed by atoms with van der Waals surface area (Å²) in [4.78, 5) is 0. The maximum absolute atomic E-state index is 11.4. The monoisotopic (exact) mass is 259 g/mol. The fourth-order valence-corrected chi connectivity index (χ4v) is 2.70. The molecule has 0 saturated heterocycles. The number of hydrogen-bond acceptors (Lipinski definition) is 4. The fraction of sp³-hybridized carbons (Fsp3) is 0.727. The molecule has 0 aliphatic heterocycles. The van der Waals surface area contributed by atoms with Crippen molar-refractivity contribution in [1.82, 2.24) is 9.78 Å². The maximum atomic E-state index is 11.4. The van der Waals surface area contributed by atoms with Crippen LogP contribution >= 0.6 is 0 Å². The summed E-state index contributed by atoms with van der Waals surface area (Å²) in [7, 11) is -2.93. The van der Waals surface area contributed by atoms with Gasteiger partial charge in [0.25, 0.3) is 0 Å². The number of nitrogens with zero attached hydrogens (tertiary/aromatic N) is 2. The highest BCUT2D eigenvalue weighted by Gasteiger charge is 2.13. The van der Waals surface area contributed by atoms with Crippen molar-refractivity contribution in [1.29, 1.82) is 0 Å². The second-order valence-electron chi connectivity index (χ2n) is 4.24. The van der Waals surface area contributed by atoms with Gasteiger partial charge >= 0.3 is 0 Å². The molecule has 0 radical (unpaired) electrons. The molecular weight excluding hydrogens is 238 g/mol. The lowest BCUT2D eigenvalue weighted by Crippen LogP contribution is -2.26. The largest absolute Gasteiger partial charge is 0.379 e. The SMILES string of the molecule is CCCn1cc(N[C@@H](C)CS(=O)(=O)CC)cn1. The van der Waals surface area contributed by atoms with Crippen molar-refractivity contribution in [3.8, 4) is 0 Å². The van der Waals surface area contributed by atoms with Gasteiger partial charge in [0.2, 0.25) is 0 Å². The molecule has 17 heavy (non-hydrogen) atoms. The average molecular weight is 259 g/mol. The zero-order chi connectivity index (χ0) is 12.9. The number of hydrogen-bond donors (Lipinski definition) is 1. The van der Waals surface area contributed by atoms with Gasteiger partial charge in [-0.15, -0.1) is 0 Å². The van der Waals surface area contributed by atoms with Crippen molar-refractivity contribution in [3.63, 3.8) is 0 Å². The molecule has 1 rings (SSSR count). The van der Waals surface area contributed by atoms with Gasteiger partial charge in [-0.25, -0.2) is 8.42 Å². The lowest BCUT2D eigenvalue weighted by Gasteiger charge is -2.12. The summed E-state index contributed by atoms with van der Waals surface area (Å²) in [6, 6.07) is -0.0979. The molecule has 98 valence electrons. The molecule has 1 aromatic heterocycles. The number of nitrogens with one attached hydrogen (secondary N) is 1. The van der Waals surface area contributed by atoms with E-state index in [9.17, 15) is 8.42 Å². The zero-order valence-corrected chi connectivity index (χ0v) is 11.5. The van der Waals surface area contributed by atoms with Crippen molar-refractivity contribution >= 4 is 15.5 Å². The van der Waals surface area contributed by atoms with E-state index < -0.39 is 9.84 Å². The molecule has 1 aromatic rings. The molecule has 0 aliphatic rings. The van der Waals surface area contributed by atoms with Gasteiger partial charge in [-0.2, -0.15) is 5.10 Å². The summed E-state index contributed by atoms with van der Waals surface area (Å²) in [5.74, 6) is 0.344. The van der Waals surface area contributed by atoms with E-state index in [1.807, 2.05) is 17.8 Å². The van der Waals surface area contributed by atoms with E-state index in [-0.39, 0.29) is 17.5 Å². The second kappa shape index (κ2) is 6.05. The zero-order valence-electron chi connectivity index (χ0n) is 10.7. The summed E-state index contributed by atoms with van der Waals surface area (Å²) in [6.07, 6.45) is 4.66. The molecule has 1 heterocycles. The minimum Gasteiger partial charge on any atom is -0.379 e. The number of rotatable bonds is 7. The van der Waals surface area contributed by atoms with Gasteiger partial charge in [0.1, 0.15) is 0 Å². The van der Waals surface area contributed by atoms with Crippen LogP contribution in [0, 0.1) is 0 Å². The van der Waals surface area contributed by atoms with E-state index in [1.165, 1.54) is 0 Å². The van der Waals surface area contributed by atoms with Gasteiger partial charge in [-0.05, 0) is 13.3 Å². The summed E-state index contributed by atoms with van der Waals surface area (Å²) in [5.41, 5.74) is 0.872. The Kier molecular flexibility index (Phi) is 4.99. The van der Waals surface area contributed by atoms with Crippen LogP contribution in [0.4, 0.5) is 5.69 Å². The van der Waals surface area contributed by atoms with Gasteiger partial charge < -0.3 is 5.32 Å². The Morgan fingerprint density at radius 3 is 2.76 bits per heavy atom. The van der Waals surface area contributed by atoms with Crippen molar-refractivity contribution in [3.05, 3.63) is 12.4 Å². The quantitative estimate of drug-likeness (QED) is 0.806. The third kappa shape index (κ3) is 4.77. The highest BCUT2D eigenvalue weighted by molar-refractivity contribution is 7.91. The van der Waals surface area contributed by atoms with Crippen LogP contribution in [0.2, 0.25) is 0 Å². The minimum atomic E-state index is -2.93. The molecule has 0 unspecified atom stereocenters. The van der Waals surface area contributed by atoms with E-state index in [1.54, 1.807) is 13.1 Å². The van der Waals surface area contributed by atoms with Crippen LogP contribution in [-0.2, 0) is 16.4 Å². The molecule has 6 heteroatoms. The Bertz CT molecular complexity index is 439. The fourth-order valence-electron chi connectivity index (χ4n) is 1.61. The summed E-state index contributed by atoms with van der Waals surface area (Å²) >= 11 is 0. The number of anilines is 1. The Morgan fingerprint density at radius 2 is 2.18 bits per heavy atom. The number of sulfone groups is 1. The molecule has 1 N–H and O–H groups in total. The van der Waals surface area contributed by atoms with Crippen LogP contribution in [0.15, 0.2) is 12.4 Å². The van der Waals surface area contributed by atoms with E-state index >= 15 is 0 Å². The van der Waals surface area contributed by atoms with E-state index in [2.05, 4.69) is 17.3 Å². The van der Waals surface area contributed by atoms with Gasteiger partial charge in [0.05, 0.1) is 17.6 Å². The number of aryl methyl sites for hydroxylation is 1. The highest BCUT2D eigenvalue weighted by Crippen LogP contribution is 2.08. The van der Waals surface area contributed by atoms with Gasteiger partial charge in [0.15, 0.2) is 9.84 Å². The Labute approximate surface area is 103 Å². The topological polar surface area (TPSA) is 64.0 Å². The average Bonchev–Trinajstić information content (AvgIpc) is 2.65. The predicted molar refractivity (Wildman–Crippen MR) is 69.9 cm³/mol. The lowest BCUT2D eigenvalue weighted by molar-refractivity contribution is 0.593. The van der Waals surface area contributed by atoms with E-state index in [0.717, 1.165) is 18.7 Å². The highest BCUT2D eigenvalue weighted by atomic mass is 32.2. The van der Waals surface area contributed by atoms with Crippen LogP contribution in [0.1, 0.15) is 27.2 Å². The van der Waals surface area contributed by atoms with Crippen LogP contribution in [0.3, 0.4) is 0 Å². The van der Waals surface area contributed by atoms with Crippen LogP contribution in [0.5, 0.6) is 0 Å². The van der Waals surface area contributed by atoms with Crippen LogP contribution < -0.4 is 5.32 Å². The molecule has 5 nitrogen and oxygen atoms in total. The lowest BCUT2D eigenvalue weighted by atomic mass is 10.4. The van der Waals surface area contributed by atoms with Crippen LogP contribution in [0.25, 0.3) is 0 Å². The standard InChI is InChI=1S/C11H21N3O2S/c1-4-6-14-8-11(7-12-14)13-10(3)9-17(15,16)5-2/h7-8,10,13H,4-6,9H2,1-3H3/t10-/m0/s1. The maximum Gasteiger partial charge on any atom is 0.152 e. The van der Waals surface area contributed by atoms with Crippen LogP contribution in [-0.4, -0.2) is 35.7 Å². The first kappa shape index (κ1) is 14.0. The van der Waals surface area contributed by atoms with Crippen molar-refractivity contribution < 1.29 is 8.42 Å². The van der Waals surface area contributed by atoms with E-state index in [0.29, 0.717) is 0 Å². The molecule has 0 bridgehead atoms. The molecular formula is C11H21N3O2S. The Hall–Kier alpha value is -1.04. The predicted octanol–water partition coefficient (Wildman–Crippen LogP) is 1.53. The first-order valence-corrected chi connectivity index (χ1v) is 7.78. The normalized spacial score (nSPS) is 13.6. The Morgan fingerprint density at radius 1 is 1.47 bits per heavy atom. The van der Waals surface area contributed by atoms with Gasteiger partial charge in [-0.1, -0.05) is 13.8 Å². The first-order chi connectivity index (χ1) is 7.96. The summed E-state index contributed by atoms with van der Waals surface area (Å²) in [5, 5.41) is 7.33. The third-order valence-corrected chi connectivity index (χ3v) is 4.33. The molecule has 0 fully saturated rings. The molecule has 0 saturated carbocycles. The first-order valence-electron chi connectivity index (χ1n) is 5.96. The van der Waals surface area contributed by atoms with Crippen molar-refractivity contribution in [2.24, 2.45) is 0 Å².